The van der Waals surface area contributed by atoms with Crippen LogP contribution >= 0.6 is 0 Å². The summed E-state index contributed by atoms with van der Waals surface area (Å²) in [5, 5.41) is 3.28. The number of nitrogens with zero attached hydrogens (tertiary/aromatic N) is 2. The van der Waals surface area contributed by atoms with Gasteiger partial charge in [0.25, 0.3) is 10.1 Å². The smallest absolute Gasteiger partial charge is 0.265 e. The monoisotopic (exact) mass is 410 g/mol. The van der Waals surface area contributed by atoms with E-state index in [1.807, 2.05) is 14.1 Å². The van der Waals surface area contributed by atoms with Crippen LogP contribution in [-0.2, 0) is 14.9 Å². The van der Waals surface area contributed by atoms with E-state index in [9.17, 15) is 13.2 Å². The lowest BCUT2D eigenvalue weighted by Gasteiger charge is -2.29. The van der Waals surface area contributed by atoms with Crippen LogP contribution in [0.2, 0.25) is 0 Å². The standard InChI is InChI=1S/C17H39N5O4S/c1-22(2,15-4-16-27(24,25)26)14-3-5-17(23)6-9-20-10-13-21(11-7-18)12-8-19/h20H,3-16,18-19H2,1-2H3/p+1. The Balaban J connectivity index is 3.78. The van der Waals surface area contributed by atoms with Crippen LogP contribution in [0.5, 0.6) is 0 Å². The maximum absolute atomic E-state index is 12.0. The van der Waals surface area contributed by atoms with Crippen molar-refractivity contribution in [3.63, 3.8) is 0 Å². The van der Waals surface area contributed by atoms with E-state index >= 15 is 0 Å². The molecule has 0 aromatic carbocycles. The summed E-state index contributed by atoms with van der Waals surface area (Å²) in [6.07, 6.45) is 2.24. The summed E-state index contributed by atoms with van der Waals surface area (Å²) < 4.78 is 30.9. The number of nitrogens with two attached hydrogens (primary N) is 2. The molecule has 0 aliphatic rings. The highest BCUT2D eigenvalue weighted by Crippen LogP contribution is 2.05. The fourth-order valence-electron chi connectivity index (χ4n) is 2.91. The molecule has 0 aliphatic carbocycles. The van der Waals surface area contributed by atoms with Crippen molar-refractivity contribution in [2.24, 2.45) is 11.5 Å². The van der Waals surface area contributed by atoms with E-state index in [-0.39, 0.29) is 11.5 Å². The molecule has 6 N–H and O–H groups in total. The molecule has 0 spiro atoms. The highest BCUT2D eigenvalue weighted by molar-refractivity contribution is 7.85. The van der Waals surface area contributed by atoms with Crippen molar-refractivity contribution in [3.8, 4) is 0 Å². The van der Waals surface area contributed by atoms with Gasteiger partial charge in [-0.25, -0.2) is 0 Å². The Labute approximate surface area is 164 Å². The minimum absolute atomic E-state index is 0.215. The predicted octanol–water partition coefficient (Wildman–Crippen LogP) is -1.11. The van der Waals surface area contributed by atoms with E-state index in [0.29, 0.717) is 49.9 Å². The molecule has 0 unspecified atom stereocenters. The molecule has 0 aromatic heterocycles. The van der Waals surface area contributed by atoms with Crippen molar-refractivity contribution in [3.05, 3.63) is 0 Å². The second-order valence-electron chi connectivity index (χ2n) is 7.58. The molecule has 0 rings (SSSR count). The Morgan fingerprint density at radius 2 is 1.59 bits per heavy atom. The quantitative estimate of drug-likeness (QED) is 0.127. The molecule has 0 radical (unpaired) electrons. The molecule has 0 bridgehead atoms. The van der Waals surface area contributed by atoms with Crippen LogP contribution in [0.15, 0.2) is 0 Å². The van der Waals surface area contributed by atoms with Crippen LogP contribution in [-0.4, -0.2) is 107 Å². The Hall–Kier alpha value is -0.620. The first-order valence-corrected chi connectivity index (χ1v) is 11.3. The number of carbonyl (C=O) groups is 1. The molecule has 0 saturated carbocycles. The van der Waals surface area contributed by atoms with E-state index in [0.717, 1.165) is 39.1 Å². The Kier molecular flexibility index (Phi) is 14.1. The van der Waals surface area contributed by atoms with Gasteiger partial charge in [0.15, 0.2) is 0 Å². The van der Waals surface area contributed by atoms with Crippen LogP contribution in [0.4, 0.5) is 0 Å². The molecule has 162 valence electrons. The van der Waals surface area contributed by atoms with Gasteiger partial charge in [-0.15, -0.1) is 0 Å². The first-order chi connectivity index (χ1) is 12.6. The molecule has 0 atom stereocenters. The van der Waals surface area contributed by atoms with E-state index < -0.39 is 10.1 Å². The van der Waals surface area contributed by atoms with Crippen LogP contribution in [0, 0.1) is 0 Å². The third kappa shape index (κ3) is 17.2. The second-order valence-corrected chi connectivity index (χ2v) is 9.16. The number of quaternary nitrogens is 1. The Morgan fingerprint density at radius 3 is 2.15 bits per heavy atom. The third-order valence-electron chi connectivity index (χ3n) is 4.46. The molecular formula is C17H40N5O4S+. The summed E-state index contributed by atoms with van der Waals surface area (Å²) in [4.78, 5) is 14.2. The molecule has 0 amide bonds. The fraction of sp³-hybridized carbons (Fsp3) is 0.941. The Bertz CT molecular complexity index is 494. The summed E-state index contributed by atoms with van der Waals surface area (Å²) in [6, 6.07) is 0. The predicted molar refractivity (Wildman–Crippen MR) is 109 cm³/mol. The summed E-state index contributed by atoms with van der Waals surface area (Å²) in [7, 11) is 0.115. The van der Waals surface area contributed by atoms with Crippen molar-refractivity contribution in [1.82, 2.24) is 10.2 Å². The normalized spacial score (nSPS) is 12.7. The third-order valence-corrected chi connectivity index (χ3v) is 5.27. The van der Waals surface area contributed by atoms with Crippen LogP contribution < -0.4 is 16.8 Å². The van der Waals surface area contributed by atoms with Gasteiger partial charge in [0.2, 0.25) is 0 Å². The zero-order valence-corrected chi connectivity index (χ0v) is 17.8. The summed E-state index contributed by atoms with van der Waals surface area (Å²) in [5.41, 5.74) is 11.1. The zero-order chi connectivity index (χ0) is 20.8. The topological polar surface area (TPSA) is 139 Å². The number of hydrogen-bond donors (Lipinski definition) is 4. The molecule has 0 heterocycles. The second kappa shape index (κ2) is 14.4. The highest BCUT2D eigenvalue weighted by atomic mass is 32.2. The lowest BCUT2D eigenvalue weighted by molar-refractivity contribution is -0.890. The number of Topliss-reactive ketones (excluding diaryl/α,β-unsaturated/α-hetero) is 1. The number of ketones is 1. The van der Waals surface area contributed by atoms with Gasteiger partial charge in [-0.05, 0) is 0 Å². The number of nitrogens with one attached hydrogen (secondary N) is 1. The van der Waals surface area contributed by atoms with Gasteiger partial charge in [0.1, 0.15) is 5.78 Å². The molecule has 0 aliphatic heterocycles. The first kappa shape index (κ1) is 26.4. The van der Waals surface area contributed by atoms with E-state index in [2.05, 4.69) is 10.2 Å². The molecule has 27 heavy (non-hydrogen) atoms. The van der Waals surface area contributed by atoms with Crippen molar-refractivity contribution in [1.29, 1.82) is 0 Å². The maximum Gasteiger partial charge on any atom is 0.265 e. The SMILES string of the molecule is C[N+](C)(CCCC(=O)CCNCCN(CCN)CCN)CCCS(=O)(=O)O. The molecular weight excluding hydrogens is 370 g/mol. The largest absolute Gasteiger partial charge is 0.329 e. The van der Waals surface area contributed by atoms with E-state index in [1.165, 1.54) is 0 Å². The molecule has 0 fully saturated rings. The summed E-state index contributed by atoms with van der Waals surface area (Å²) in [6.45, 7) is 6.70. The molecule has 10 heteroatoms. The molecule has 0 aromatic rings. The lowest BCUT2D eigenvalue weighted by atomic mass is 10.1. The van der Waals surface area contributed by atoms with Gasteiger partial charge in [-0.1, -0.05) is 0 Å². The van der Waals surface area contributed by atoms with Gasteiger partial charge < -0.3 is 21.3 Å². The summed E-state index contributed by atoms with van der Waals surface area (Å²) in [5.74, 6) is 0.0222. The maximum atomic E-state index is 12.0. The Morgan fingerprint density at radius 1 is 1.00 bits per heavy atom. The van der Waals surface area contributed by atoms with Crippen LogP contribution in [0.1, 0.15) is 25.7 Å². The van der Waals surface area contributed by atoms with Crippen molar-refractivity contribution < 1.29 is 22.2 Å². The van der Waals surface area contributed by atoms with Gasteiger partial charge in [-0.3, -0.25) is 14.2 Å². The minimum atomic E-state index is -3.89. The summed E-state index contributed by atoms with van der Waals surface area (Å²) >= 11 is 0. The van der Waals surface area contributed by atoms with Crippen LogP contribution in [0.3, 0.4) is 0 Å². The van der Waals surface area contributed by atoms with Gasteiger partial charge in [0.05, 0.1) is 32.9 Å². The lowest BCUT2D eigenvalue weighted by Crippen LogP contribution is -2.42. The van der Waals surface area contributed by atoms with Crippen molar-refractivity contribution >= 4 is 15.9 Å². The van der Waals surface area contributed by atoms with E-state index in [4.69, 9.17) is 16.0 Å². The molecule has 0 saturated heterocycles. The number of carbonyl (C=O) groups excluding carboxylic acids is 1. The highest BCUT2D eigenvalue weighted by Gasteiger charge is 2.17. The average molecular weight is 411 g/mol. The zero-order valence-electron chi connectivity index (χ0n) is 17.0. The number of rotatable bonds is 18. The molecule has 9 nitrogen and oxygen atoms in total. The van der Waals surface area contributed by atoms with Crippen molar-refractivity contribution in [2.45, 2.75) is 25.7 Å². The first-order valence-electron chi connectivity index (χ1n) is 9.71. The van der Waals surface area contributed by atoms with Gasteiger partial charge >= 0.3 is 0 Å². The fourth-order valence-corrected chi connectivity index (χ4v) is 3.40. The van der Waals surface area contributed by atoms with Gasteiger partial charge in [0, 0.05) is 71.5 Å². The van der Waals surface area contributed by atoms with Crippen molar-refractivity contribution in [2.75, 3.05) is 78.8 Å². The van der Waals surface area contributed by atoms with Crippen LogP contribution in [0.25, 0.3) is 0 Å². The number of hydrogen-bond acceptors (Lipinski definition) is 7. The van der Waals surface area contributed by atoms with E-state index in [1.54, 1.807) is 0 Å². The minimum Gasteiger partial charge on any atom is -0.329 e. The average Bonchev–Trinajstić information content (AvgIpc) is 2.53. The van der Waals surface area contributed by atoms with Gasteiger partial charge in [-0.2, -0.15) is 8.42 Å².